The maximum Gasteiger partial charge on any atom is 0.223 e. The van der Waals surface area contributed by atoms with E-state index in [0.717, 1.165) is 25.8 Å². The van der Waals surface area contributed by atoms with Crippen LogP contribution in [0.1, 0.15) is 44.2 Å². The summed E-state index contributed by atoms with van der Waals surface area (Å²) >= 11 is 0. The van der Waals surface area contributed by atoms with Crippen LogP contribution in [0, 0.1) is 0 Å². The Morgan fingerprint density at radius 1 is 1.26 bits per heavy atom. The molecule has 1 saturated heterocycles. The molecular weight excluding hydrogens is 288 g/mol. The van der Waals surface area contributed by atoms with Gasteiger partial charge in [-0.15, -0.1) is 0 Å². The zero-order valence-electron chi connectivity index (χ0n) is 14.7. The molecule has 4 nitrogen and oxygen atoms in total. The molecule has 0 N–H and O–H groups in total. The molecule has 2 rings (SSSR count). The van der Waals surface area contributed by atoms with Crippen LogP contribution in [0.5, 0.6) is 0 Å². The van der Waals surface area contributed by atoms with Crippen molar-refractivity contribution in [3.05, 3.63) is 35.9 Å². The largest absolute Gasteiger partial charge is 0.373 e. The van der Waals surface area contributed by atoms with Crippen LogP contribution in [0.2, 0.25) is 0 Å². The summed E-state index contributed by atoms with van der Waals surface area (Å²) in [5, 5.41) is 0. The molecule has 1 aromatic rings. The number of unbranched alkanes of at least 4 members (excludes halogenated alkanes) is 2. The molecule has 0 radical (unpaired) electrons. The first-order chi connectivity index (χ1) is 11.1. The van der Waals surface area contributed by atoms with E-state index in [0.29, 0.717) is 19.6 Å². The van der Waals surface area contributed by atoms with Crippen molar-refractivity contribution >= 4 is 5.91 Å². The Bertz CT molecular complexity index is 476. The van der Waals surface area contributed by atoms with Gasteiger partial charge in [0.05, 0.1) is 18.8 Å². The third kappa shape index (κ3) is 5.05. The first kappa shape index (κ1) is 18.0. The van der Waals surface area contributed by atoms with Crippen LogP contribution < -0.4 is 0 Å². The van der Waals surface area contributed by atoms with E-state index in [4.69, 9.17) is 4.74 Å². The fourth-order valence-corrected chi connectivity index (χ4v) is 3.24. The lowest BCUT2D eigenvalue weighted by Crippen LogP contribution is -2.51. The lowest BCUT2D eigenvalue weighted by Gasteiger charge is -2.42. The Kier molecular flexibility index (Phi) is 7.06. The first-order valence-corrected chi connectivity index (χ1v) is 8.74. The van der Waals surface area contributed by atoms with Crippen LogP contribution in [0.4, 0.5) is 0 Å². The second-order valence-electron chi connectivity index (χ2n) is 6.57. The summed E-state index contributed by atoms with van der Waals surface area (Å²) in [6.07, 6.45) is 3.91. The SMILES string of the molecule is CCCCCC(=O)N1CCO[C@@H](CN(C)C)[C@@H]1c1ccccc1. The van der Waals surface area contributed by atoms with Crippen LogP contribution in [0.3, 0.4) is 0 Å². The highest BCUT2D eigenvalue weighted by atomic mass is 16.5. The number of hydrogen-bond donors (Lipinski definition) is 0. The highest BCUT2D eigenvalue weighted by molar-refractivity contribution is 5.77. The molecule has 128 valence electrons. The number of amides is 1. The Balaban J connectivity index is 2.18. The molecule has 1 aromatic carbocycles. The van der Waals surface area contributed by atoms with Gasteiger partial charge in [0.2, 0.25) is 5.91 Å². The summed E-state index contributed by atoms with van der Waals surface area (Å²) in [6.45, 7) is 4.30. The smallest absolute Gasteiger partial charge is 0.223 e. The van der Waals surface area contributed by atoms with Gasteiger partial charge in [-0.05, 0) is 26.1 Å². The Labute approximate surface area is 140 Å². The van der Waals surface area contributed by atoms with Crippen LogP contribution in [-0.2, 0) is 9.53 Å². The second kappa shape index (κ2) is 9.04. The fraction of sp³-hybridized carbons (Fsp3) is 0.632. The van der Waals surface area contributed by atoms with Gasteiger partial charge in [-0.2, -0.15) is 0 Å². The zero-order chi connectivity index (χ0) is 16.7. The second-order valence-corrected chi connectivity index (χ2v) is 6.57. The number of hydrogen-bond acceptors (Lipinski definition) is 3. The molecule has 2 atom stereocenters. The fourth-order valence-electron chi connectivity index (χ4n) is 3.24. The predicted octanol–water partition coefficient (Wildman–Crippen LogP) is 3.10. The average molecular weight is 318 g/mol. The molecular formula is C19H30N2O2. The molecule has 23 heavy (non-hydrogen) atoms. The van der Waals surface area contributed by atoms with Crippen LogP contribution >= 0.6 is 0 Å². The van der Waals surface area contributed by atoms with E-state index in [2.05, 4.69) is 24.0 Å². The van der Waals surface area contributed by atoms with Crippen molar-refractivity contribution in [2.45, 2.75) is 44.8 Å². The highest BCUT2D eigenvalue weighted by Gasteiger charge is 2.36. The molecule has 1 fully saturated rings. The van der Waals surface area contributed by atoms with E-state index in [1.807, 2.05) is 37.2 Å². The van der Waals surface area contributed by atoms with Crippen LogP contribution in [0.15, 0.2) is 30.3 Å². The number of likely N-dealkylation sites (N-methyl/N-ethyl adjacent to an activating group) is 1. The van der Waals surface area contributed by atoms with Crippen molar-refractivity contribution in [2.24, 2.45) is 0 Å². The summed E-state index contributed by atoms with van der Waals surface area (Å²) < 4.78 is 6.03. The number of nitrogens with zero attached hydrogens (tertiary/aromatic N) is 2. The van der Waals surface area contributed by atoms with Gasteiger partial charge < -0.3 is 14.5 Å². The number of rotatable bonds is 7. The van der Waals surface area contributed by atoms with Gasteiger partial charge in [0, 0.05) is 19.5 Å². The number of benzene rings is 1. The predicted molar refractivity (Wildman–Crippen MR) is 93.3 cm³/mol. The number of carbonyl (C=O) groups excluding carboxylic acids is 1. The average Bonchev–Trinajstić information content (AvgIpc) is 2.55. The summed E-state index contributed by atoms with van der Waals surface area (Å²) in [6, 6.07) is 10.3. The maximum atomic E-state index is 12.7. The third-order valence-electron chi connectivity index (χ3n) is 4.35. The molecule has 0 spiro atoms. The molecule has 0 unspecified atom stereocenters. The molecule has 0 bridgehead atoms. The summed E-state index contributed by atoms with van der Waals surface area (Å²) in [5.41, 5.74) is 1.17. The molecule has 1 aliphatic heterocycles. The van der Waals surface area contributed by atoms with Crippen molar-refractivity contribution in [3.8, 4) is 0 Å². The van der Waals surface area contributed by atoms with Crippen molar-refractivity contribution in [2.75, 3.05) is 33.8 Å². The van der Waals surface area contributed by atoms with Crippen LogP contribution in [-0.4, -0.2) is 55.6 Å². The number of ether oxygens (including phenoxy) is 1. The minimum Gasteiger partial charge on any atom is -0.373 e. The van der Waals surface area contributed by atoms with Crippen molar-refractivity contribution in [1.82, 2.24) is 9.80 Å². The maximum absolute atomic E-state index is 12.7. The van der Waals surface area contributed by atoms with E-state index in [1.54, 1.807) is 0 Å². The highest BCUT2D eigenvalue weighted by Crippen LogP contribution is 2.30. The third-order valence-corrected chi connectivity index (χ3v) is 4.35. The van der Waals surface area contributed by atoms with Gasteiger partial charge >= 0.3 is 0 Å². The van der Waals surface area contributed by atoms with Gasteiger partial charge in [0.1, 0.15) is 0 Å². The zero-order valence-corrected chi connectivity index (χ0v) is 14.7. The molecule has 1 heterocycles. The van der Waals surface area contributed by atoms with Gasteiger partial charge in [0.25, 0.3) is 0 Å². The Morgan fingerprint density at radius 2 is 2.00 bits per heavy atom. The van der Waals surface area contributed by atoms with Crippen LogP contribution in [0.25, 0.3) is 0 Å². The van der Waals surface area contributed by atoms with Gasteiger partial charge in [-0.25, -0.2) is 0 Å². The normalized spacial score (nSPS) is 21.7. The van der Waals surface area contributed by atoms with Crippen molar-refractivity contribution < 1.29 is 9.53 Å². The topological polar surface area (TPSA) is 32.8 Å². The van der Waals surface area contributed by atoms with Crippen molar-refractivity contribution in [1.29, 1.82) is 0 Å². The quantitative estimate of drug-likeness (QED) is 0.724. The van der Waals surface area contributed by atoms with Gasteiger partial charge in [-0.3, -0.25) is 4.79 Å². The monoisotopic (exact) mass is 318 g/mol. The lowest BCUT2D eigenvalue weighted by atomic mass is 9.97. The molecule has 4 heteroatoms. The Hall–Kier alpha value is -1.39. The molecule has 0 saturated carbocycles. The molecule has 0 aliphatic carbocycles. The summed E-state index contributed by atoms with van der Waals surface area (Å²) in [5.74, 6) is 0.263. The summed E-state index contributed by atoms with van der Waals surface area (Å²) in [4.78, 5) is 16.9. The van der Waals surface area contributed by atoms with E-state index in [9.17, 15) is 4.79 Å². The minimum atomic E-state index is 0.0153. The van der Waals surface area contributed by atoms with E-state index >= 15 is 0 Å². The molecule has 1 aliphatic rings. The summed E-state index contributed by atoms with van der Waals surface area (Å²) in [7, 11) is 4.10. The van der Waals surface area contributed by atoms with E-state index < -0.39 is 0 Å². The molecule has 0 aromatic heterocycles. The van der Waals surface area contributed by atoms with E-state index in [-0.39, 0.29) is 18.1 Å². The first-order valence-electron chi connectivity index (χ1n) is 8.74. The lowest BCUT2D eigenvalue weighted by molar-refractivity contribution is -0.148. The Morgan fingerprint density at radius 3 is 2.65 bits per heavy atom. The van der Waals surface area contributed by atoms with Gasteiger partial charge in [-0.1, -0.05) is 50.1 Å². The minimum absolute atomic E-state index is 0.0153. The van der Waals surface area contributed by atoms with Gasteiger partial charge in [0.15, 0.2) is 0 Å². The van der Waals surface area contributed by atoms with E-state index in [1.165, 1.54) is 5.56 Å². The van der Waals surface area contributed by atoms with Crippen molar-refractivity contribution in [3.63, 3.8) is 0 Å². The number of morpholine rings is 1. The molecule has 1 amide bonds. The standard InChI is InChI=1S/C19H30N2O2/c1-4-5-7-12-18(22)21-13-14-23-17(15-20(2)3)19(21)16-10-8-6-9-11-16/h6,8-11,17,19H,4-5,7,12-15H2,1-3H3/t17-,19-/m0/s1. The number of carbonyl (C=O) groups is 1.